The number of nitrogens with one attached hydrogen (secondary N) is 2. The molecule has 1 aliphatic heterocycles. The number of likely N-dealkylation sites (N-methyl/N-ethyl adjacent to an activating group) is 1. The van der Waals surface area contributed by atoms with E-state index in [1.807, 2.05) is 37.3 Å². The van der Waals surface area contributed by atoms with Gasteiger partial charge in [-0.2, -0.15) is 0 Å². The molecule has 1 fully saturated rings. The van der Waals surface area contributed by atoms with E-state index in [0.29, 0.717) is 50.1 Å². The number of methoxy groups -OCH3 is 2. The predicted octanol–water partition coefficient (Wildman–Crippen LogP) is 4.57. The molecule has 17 heteroatoms. The zero-order valence-electron chi connectivity index (χ0n) is 32.0. The first-order chi connectivity index (χ1) is 26.9. The van der Waals surface area contributed by atoms with E-state index in [9.17, 15) is 24.5 Å². The maximum atomic E-state index is 12.4. The lowest BCUT2D eigenvalue weighted by molar-refractivity contribution is -0.383. The number of amides is 1. The molecule has 1 amide bonds. The van der Waals surface area contributed by atoms with Crippen LogP contribution in [-0.2, 0) is 23.8 Å². The van der Waals surface area contributed by atoms with Crippen LogP contribution in [0.1, 0.15) is 51.3 Å². The van der Waals surface area contributed by atoms with Crippen molar-refractivity contribution < 1.29 is 28.8 Å². The molecule has 0 radical (unpaired) electrons. The molecule has 1 aromatic heterocycles. The van der Waals surface area contributed by atoms with Gasteiger partial charge in [-0.05, 0) is 69.2 Å². The third-order valence-electron chi connectivity index (χ3n) is 9.01. The van der Waals surface area contributed by atoms with Crippen molar-refractivity contribution in [1.82, 2.24) is 14.9 Å². The first-order valence-electron chi connectivity index (χ1n) is 18.1. The van der Waals surface area contributed by atoms with Crippen molar-refractivity contribution >= 4 is 51.2 Å². The van der Waals surface area contributed by atoms with Crippen LogP contribution in [0.5, 0.6) is 0 Å². The number of rotatable bonds is 17. The van der Waals surface area contributed by atoms with Crippen molar-refractivity contribution in [3.8, 4) is 0 Å². The van der Waals surface area contributed by atoms with Crippen molar-refractivity contribution in [2.75, 3.05) is 56.9 Å². The minimum atomic E-state index is -0.621. The molecule has 6 N–H and O–H groups in total. The predicted molar refractivity (Wildman–Crippen MR) is 216 cm³/mol. The lowest BCUT2D eigenvalue weighted by atomic mass is 10.1. The van der Waals surface area contributed by atoms with Gasteiger partial charge in [-0.3, -0.25) is 29.3 Å². The number of hydrogen-bond donors (Lipinski definition) is 4. The SMILES string of the molecule is CCN(CCON=C(C)CCCC(=O)NC=Cc1cn(C2CC(OC)C(COC)O2)c(=O)[nH]c1=O)c1ccc(N)cc1.Nc1ccc([N+](=O)[O-])c2ccccc12. The van der Waals surface area contributed by atoms with Crippen LogP contribution >= 0.6 is 0 Å². The first-order valence-corrected chi connectivity index (χ1v) is 18.1. The summed E-state index contributed by atoms with van der Waals surface area (Å²) in [7, 11) is 3.13. The van der Waals surface area contributed by atoms with E-state index < -0.39 is 22.4 Å². The Morgan fingerprint density at radius 3 is 2.52 bits per heavy atom. The number of H-pyrrole nitrogens is 1. The number of carbonyl (C=O) groups excluding carboxylic acids is 1. The van der Waals surface area contributed by atoms with Crippen LogP contribution < -0.4 is 32.9 Å². The monoisotopic (exact) mass is 774 g/mol. The van der Waals surface area contributed by atoms with E-state index in [-0.39, 0.29) is 35.8 Å². The molecular formula is C39H50N8O9. The van der Waals surface area contributed by atoms with Crippen molar-refractivity contribution in [3.63, 3.8) is 0 Å². The summed E-state index contributed by atoms with van der Waals surface area (Å²) in [6.07, 6.45) is 4.89. The Morgan fingerprint density at radius 2 is 1.84 bits per heavy atom. The Bertz CT molecular complexity index is 2100. The number of aromatic amines is 1. The van der Waals surface area contributed by atoms with Crippen molar-refractivity contribution in [2.24, 2.45) is 5.16 Å². The maximum absolute atomic E-state index is 12.4. The number of nitrogen functional groups attached to an aromatic ring is 2. The van der Waals surface area contributed by atoms with Crippen molar-refractivity contribution in [3.05, 3.63) is 110 Å². The van der Waals surface area contributed by atoms with Gasteiger partial charge in [0.25, 0.3) is 11.2 Å². The van der Waals surface area contributed by atoms with E-state index in [0.717, 1.165) is 29.0 Å². The number of ether oxygens (including phenoxy) is 3. The fourth-order valence-electron chi connectivity index (χ4n) is 6.04. The second kappa shape index (κ2) is 21.2. The Balaban J connectivity index is 0.000000413. The molecule has 3 unspecified atom stereocenters. The summed E-state index contributed by atoms with van der Waals surface area (Å²) >= 11 is 0. The molecule has 4 aromatic rings. The molecule has 0 spiro atoms. The number of aromatic nitrogens is 2. The van der Waals surface area contributed by atoms with Crippen LogP contribution in [0.25, 0.3) is 16.8 Å². The van der Waals surface area contributed by atoms with Crippen molar-refractivity contribution in [2.45, 2.75) is 58.0 Å². The average molecular weight is 775 g/mol. The number of benzene rings is 3. The zero-order chi connectivity index (χ0) is 40.6. The number of non-ortho nitro benzene ring substituents is 1. The molecule has 1 saturated heterocycles. The van der Waals surface area contributed by atoms with Gasteiger partial charge >= 0.3 is 5.69 Å². The lowest BCUT2D eigenvalue weighted by Gasteiger charge is -2.22. The van der Waals surface area contributed by atoms with Gasteiger partial charge in [0.15, 0.2) is 0 Å². The molecule has 1 aliphatic rings. The number of anilines is 3. The van der Waals surface area contributed by atoms with Crippen LogP contribution in [0, 0.1) is 10.1 Å². The third kappa shape index (κ3) is 12.0. The molecular weight excluding hydrogens is 724 g/mol. The van der Waals surface area contributed by atoms with Crippen molar-refractivity contribution in [1.29, 1.82) is 0 Å². The van der Waals surface area contributed by atoms with E-state index in [1.165, 1.54) is 29.1 Å². The molecule has 0 saturated carbocycles. The minimum Gasteiger partial charge on any atom is -0.399 e. The van der Waals surface area contributed by atoms with E-state index in [4.69, 9.17) is 30.5 Å². The van der Waals surface area contributed by atoms with Crippen LogP contribution in [-0.4, -0.2) is 78.8 Å². The second-order valence-electron chi connectivity index (χ2n) is 12.9. The Labute approximate surface area is 324 Å². The number of fused-ring (bicyclic) bond motifs is 1. The van der Waals surface area contributed by atoms with Gasteiger partial charge in [-0.1, -0.05) is 23.4 Å². The van der Waals surface area contributed by atoms with Gasteiger partial charge in [-0.15, -0.1) is 0 Å². The summed E-state index contributed by atoms with van der Waals surface area (Å²) < 4.78 is 17.8. The van der Waals surface area contributed by atoms with E-state index in [2.05, 4.69) is 27.3 Å². The summed E-state index contributed by atoms with van der Waals surface area (Å²) in [5.74, 6) is -0.212. The molecule has 56 heavy (non-hydrogen) atoms. The topological polar surface area (TPSA) is 232 Å². The van der Waals surface area contributed by atoms with Gasteiger partial charge in [0.2, 0.25) is 5.91 Å². The van der Waals surface area contributed by atoms with Gasteiger partial charge in [0.1, 0.15) is 18.9 Å². The van der Waals surface area contributed by atoms with E-state index >= 15 is 0 Å². The normalized spacial score (nSPS) is 16.7. The number of nitro groups is 1. The molecule has 300 valence electrons. The van der Waals surface area contributed by atoms with Gasteiger partial charge in [0, 0.05) is 74.5 Å². The molecule has 2 heterocycles. The smallest absolute Gasteiger partial charge is 0.330 e. The molecule has 3 atom stereocenters. The lowest BCUT2D eigenvalue weighted by Crippen LogP contribution is -2.33. The van der Waals surface area contributed by atoms with Crippen LogP contribution in [0.2, 0.25) is 0 Å². The molecule has 17 nitrogen and oxygen atoms in total. The highest BCUT2D eigenvalue weighted by atomic mass is 16.6. The van der Waals surface area contributed by atoms with Crippen LogP contribution in [0.3, 0.4) is 0 Å². The summed E-state index contributed by atoms with van der Waals surface area (Å²) in [5.41, 5.74) is 13.7. The third-order valence-corrected chi connectivity index (χ3v) is 9.01. The number of nitro benzene ring substituents is 1. The number of nitrogens with zero attached hydrogens (tertiary/aromatic N) is 4. The van der Waals surface area contributed by atoms with Crippen LogP contribution in [0.15, 0.2) is 87.8 Å². The maximum Gasteiger partial charge on any atom is 0.330 e. The minimum absolute atomic E-state index is 0.0924. The highest BCUT2D eigenvalue weighted by Gasteiger charge is 2.37. The first kappa shape index (κ1) is 42.7. The Kier molecular flexibility index (Phi) is 16.1. The molecule has 5 rings (SSSR count). The fraction of sp³-hybridized carbons (Fsp3) is 0.385. The van der Waals surface area contributed by atoms with E-state index in [1.54, 1.807) is 38.5 Å². The highest BCUT2D eigenvalue weighted by molar-refractivity contribution is 5.98. The highest BCUT2D eigenvalue weighted by Crippen LogP contribution is 2.30. The molecule has 0 bridgehead atoms. The quantitative estimate of drug-likeness (QED) is 0.0380. The number of oxime groups is 1. The van der Waals surface area contributed by atoms with Gasteiger partial charge in [0.05, 0.1) is 40.8 Å². The largest absolute Gasteiger partial charge is 0.399 e. The average Bonchev–Trinajstić information content (AvgIpc) is 3.59. The van der Waals surface area contributed by atoms with Gasteiger partial charge < -0.3 is 40.7 Å². The zero-order valence-corrected chi connectivity index (χ0v) is 32.0. The summed E-state index contributed by atoms with van der Waals surface area (Å²) in [6.45, 7) is 6.19. The number of hydrogen-bond acceptors (Lipinski definition) is 13. The second-order valence-corrected chi connectivity index (χ2v) is 12.9. The Morgan fingerprint density at radius 1 is 1.11 bits per heavy atom. The Hall–Kier alpha value is -6.04. The van der Waals surface area contributed by atoms with Gasteiger partial charge in [-0.25, -0.2) is 4.79 Å². The fourth-order valence-corrected chi connectivity index (χ4v) is 6.04. The number of nitrogens with two attached hydrogens (primary N) is 2. The summed E-state index contributed by atoms with van der Waals surface area (Å²) in [4.78, 5) is 57.3. The summed E-state index contributed by atoms with van der Waals surface area (Å²) in [5, 5.41) is 18.8. The number of carbonyl (C=O) groups is 1. The molecule has 0 aliphatic carbocycles. The molecule has 3 aromatic carbocycles. The summed E-state index contributed by atoms with van der Waals surface area (Å²) in [6, 6.07) is 17.7. The standard InChI is InChI=1S/C29H42N6O7.C10H8N2O2/c1-5-34(23-11-9-22(30)10-12-23)15-16-41-33-20(2)7-6-8-26(36)31-14-13-21-18-35(29(38)32-28(21)37)27-17-24(40-4)25(42-27)19-39-3;11-9-5-6-10(12(13)14)8-4-2-1-3-7(8)9/h9-14,18,24-25,27H,5-8,15-17,19,30H2,1-4H3,(H,31,36)(H,32,37,38);1-6H,11H2. The van der Waals surface area contributed by atoms with Crippen LogP contribution in [0.4, 0.5) is 22.7 Å².